The first-order valence-corrected chi connectivity index (χ1v) is 6.64. The average Bonchev–Trinajstić information content (AvgIpc) is 2.29. The van der Waals surface area contributed by atoms with Gasteiger partial charge in [-0.1, -0.05) is 29.3 Å². The lowest BCUT2D eigenvalue weighted by molar-refractivity contribution is 0.0949. The summed E-state index contributed by atoms with van der Waals surface area (Å²) in [6.07, 6.45) is 1.78. The zero-order valence-corrected chi connectivity index (χ0v) is 11.8. The minimum Gasteiger partial charge on any atom is -0.350 e. The van der Waals surface area contributed by atoms with E-state index in [1.807, 2.05) is 6.92 Å². The Hall–Kier alpha value is -0.610. The molecule has 1 rings (SSSR count). The van der Waals surface area contributed by atoms with Crippen molar-refractivity contribution in [2.75, 3.05) is 6.54 Å². The van der Waals surface area contributed by atoms with E-state index in [2.05, 4.69) is 21.2 Å². The Labute approximate surface area is 114 Å². The van der Waals surface area contributed by atoms with Crippen LogP contribution in [0, 0.1) is 5.82 Å². The van der Waals surface area contributed by atoms with E-state index in [1.54, 1.807) is 6.07 Å². The molecule has 1 unspecified atom stereocenters. The molecule has 0 aliphatic carbocycles. The second-order valence-electron chi connectivity index (χ2n) is 3.72. The van der Waals surface area contributed by atoms with E-state index >= 15 is 0 Å². The first-order valence-electron chi connectivity index (χ1n) is 5.42. The van der Waals surface area contributed by atoms with Gasteiger partial charge in [-0.3, -0.25) is 4.79 Å². The van der Waals surface area contributed by atoms with Crippen LogP contribution < -0.4 is 5.32 Å². The fraction of sp³-hybridized carbons (Fsp3) is 0.417. The van der Waals surface area contributed by atoms with Crippen molar-refractivity contribution >= 4 is 33.4 Å². The molecule has 1 aromatic carbocycles. The molecule has 0 aliphatic rings. The monoisotopic (exact) mass is 321 g/mol. The van der Waals surface area contributed by atoms with Gasteiger partial charge in [0.1, 0.15) is 5.82 Å². The molecule has 0 fully saturated rings. The first-order chi connectivity index (χ1) is 8.04. The molecule has 5 heteroatoms. The summed E-state index contributed by atoms with van der Waals surface area (Å²) in [5.41, 5.74) is 0.0275. The Balaban J connectivity index is 2.61. The van der Waals surface area contributed by atoms with Gasteiger partial charge in [-0.25, -0.2) is 4.39 Å². The summed E-state index contributed by atoms with van der Waals surface area (Å²) in [6, 6.07) is 4.25. The molecule has 0 heterocycles. The lowest BCUT2D eigenvalue weighted by Gasteiger charge is -2.10. The fourth-order valence-corrected chi connectivity index (χ4v) is 2.04. The highest BCUT2D eigenvalue weighted by Crippen LogP contribution is 2.15. The molecular formula is C12H14BrClFNO. The number of amides is 1. The molecule has 0 aromatic heterocycles. The maximum Gasteiger partial charge on any atom is 0.254 e. The van der Waals surface area contributed by atoms with E-state index in [9.17, 15) is 9.18 Å². The standard InChI is InChI=1S/C12H14BrClFNO/c1-2-3-9(14)7-16-12(17)10-6-8(13)4-5-11(10)15/h4-6,9H,2-3,7H2,1H3,(H,16,17). The summed E-state index contributed by atoms with van der Waals surface area (Å²) in [5.74, 6) is -0.974. The molecule has 1 aromatic rings. The molecule has 94 valence electrons. The van der Waals surface area contributed by atoms with E-state index in [1.165, 1.54) is 12.1 Å². The maximum atomic E-state index is 13.4. The molecule has 0 radical (unpaired) electrons. The minimum atomic E-state index is -0.535. The van der Waals surface area contributed by atoms with Crippen LogP contribution in [0.2, 0.25) is 0 Å². The van der Waals surface area contributed by atoms with E-state index in [-0.39, 0.29) is 10.9 Å². The maximum absolute atomic E-state index is 13.4. The van der Waals surface area contributed by atoms with E-state index < -0.39 is 11.7 Å². The van der Waals surface area contributed by atoms with Crippen molar-refractivity contribution in [1.29, 1.82) is 0 Å². The number of nitrogens with one attached hydrogen (secondary N) is 1. The Morgan fingerprint density at radius 1 is 1.59 bits per heavy atom. The van der Waals surface area contributed by atoms with Crippen molar-refractivity contribution in [3.8, 4) is 0 Å². The highest BCUT2D eigenvalue weighted by atomic mass is 79.9. The largest absolute Gasteiger partial charge is 0.350 e. The Morgan fingerprint density at radius 3 is 2.94 bits per heavy atom. The van der Waals surface area contributed by atoms with Crippen LogP contribution in [-0.4, -0.2) is 17.8 Å². The van der Waals surface area contributed by atoms with Gasteiger partial charge in [-0.2, -0.15) is 0 Å². The van der Waals surface area contributed by atoms with Crippen molar-refractivity contribution in [3.05, 3.63) is 34.1 Å². The zero-order chi connectivity index (χ0) is 12.8. The van der Waals surface area contributed by atoms with Crippen LogP contribution in [0.15, 0.2) is 22.7 Å². The van der Waals surface area contributed by atoms with Crippen molar-refractivity contribution in [2.24, 2.45) is 0 Å². The van der Waals surface area contributed by atoms with Gasteiger partial charge >= 0.3 is 0 Å². The molecule has 0 saturated heterocycles. The fourth-order valence-electron chi connectivity index (χ4n) is 1.39. The molecule has 17 heavy (non-hydrogen) atoms. The third-order valence-electron chi connectivity index (χ3n) is 2.26. The van der Waals surface area contributed by atoms with Crippen molar-refractivity contribution in [2.45, 2.75) is 25.1 Å². The SMILES string of the molecule is CCCC(Cl)CNC(=O)c1cc(Br)ccc1F. The predicted octanol–water partition coefficient (Wildman–Crippen LogP) is 3.73. The van der Waals surface area contributed by atoms with Crippen LogP contribution >= 0.6 is 27.5 Å². The molecule has 0 aliphatic heterocycles. The van der Waals surface area contributed by atoms with E-state index in [4.69, 9.17) is 11.6 Å². The van der Waals surface area contributed by atoms with Crippen molar-refractivity contribution in [1.82, 2.24) is 5.32 Å². The number of benzene rings is 1. The van der Waals surface area contributed by atoms with E-state index in [0.717, 1.165) is 12.8 Å². The lowest BCUT2D eigenvalue weighted by Crippen LogP contribution is -2.30. The molecule has 1 atom stereocenters. The molecule has 0 bridgehead atoms. The Morgan fingerprint density at radius 2 is 2.29 bits per heavy atom. The third kappa shape index (κ3) is 4.64. The van der Waals surface area contributed by atoms with E-state index in [0.29, 0.717) is 11.0 Å². The van der Waals surface area contributed by atoms with Crippen LogP contribution in [0.4, 0.5) is 4.39 Å². The topological polar surface area (TPSA) is 29.1 Å². The highest BCUT2D eigenvalue weighted by Gasteiger charge is 2.13. The van der Waals surface area contributed by atoms with Crippen LogP contribution in [0.1, 0.15) is 30.1 Å². The van der Waals surface area contributed by atoms with Gasteiger partial charge in [0.15, 0.2) is 0 Å². The van der Waals surface area contributed by atoms with Crippen LogP contribution in [0.3, 0.4) is 0 Å². The number of carbonyl (C=O) groups excluding carboxylic acids is 1. The molecule has 0 saturated carbocycles. The predicted molar refractivity (Wildman–Crippen MR) is 71.0 cm³/mol. The number of halogens is 3. The lowest BCUT2D eigenvalue weighted by atomic mass is 10.2. The van der Waals surface area contributed by atoms with Gasteiger partial charge in [0.25, 0.3) is 5.91 Å². The molecule has 2 nitrogen and oxygen atoms in total. The summed E-state index contributed by atoms with van der Waals surface area (Å²) in [6.45, 7) is 2.37. The molecule has 0 spiro atoms. The number of hydrogen-bond acceptors (Lipinski definition) is 1. The first kappa shape index (κ1) is 14.5. The van der Waals surface area contributed by atoms with Gasteiger partial charge in [0.05, 0.1) is 10.9 Å². The second kappa shape index (κ2) is 6.97. The van der Waals surface area contributed by atoms with Crippen molar-refractivity contribution in [3.63, 3.8) is 0 Å². The number of rotatable bonds is 5. The quantitative estimate of drug-likeness (QED) is 0.822. The van der Waals surface area contributed by atoms with Crippen LogP contribution in [0.25, 0.3) is 0 Å². The summed E-state index contributed by atoms with van der Waals surface area (Å²) < 4.78 is 14.0. The smallest absolute Gasteiger partial charge is 0.254 e. The summed E-state index contributed by atoms with van der Waals surface area (Å²) in [7, 11) is 0. The van der Waals surface area contributed by atoms with Gasteiger partial charge in [-0.15, -0.1) is 11.6 Å². The second-order valence-corrected chi connectivity index (χ2v) is 5.25. The molecule has 1 amide bonds. The van der Waals surface area contributed by atoms with Gasteiger partial charge in [0.2, 0.25) is 0 Å². The Bertz CT molecular complexity index is 400. The van der Waals surface area contributed by atoms with Gasteiger partial charge < -0.3 is 5.32 Å². The number of alkyl halides is 1. The van der Waals surface area contributed by atoms with Crippen molar-refractivity contribution < 1.29 is 9.18 Å². The Kier molecular flexibility index (Phi) is 5.92. The molecular weight excluding hydrogens is 308 g/mol. The number of carbonyl (C=O) groups is 1. The number of hydrogen-bond donors (Lipinski definition) is 1. The highest BCUT2D eigenvalue weighted by molar-refractivity contribution is 9.10. The summed E-state index contributed by atoms with van der Waals surface area (Å²) in [5, 5.41) is 2.51. The zero-order valence-electron chi connectivity index (χ0n) is 9.47. The average molecular weight is 323 g/mol. The summed E-state index contributed by atoms with van der Waals surface area (Å²) >= 11 is 9.16. The van der Waals surface area contributed by atoms with Gasteiger partial charge in [0, 0.05) is 11.0 Å². The van der Waals surface area contributed by atoms with Gasteiger partial charge in [-0.05, 0) is 24.6 Å². The normalized spacial score (nSPS) is 12.2. The molecule has 1 N–H and O–H groups in total. The van der Waals surface area contributed by atoms with Crippen LogP contribution in [0.5, 0.6) is 0 Å². The van der Waals surface area contributed by atoms with Crippen LogP contribution in [-0.2, 0) is 0 Å². The minimum absolute atomic E-state index is 0.0275. The third-order valence-corrected chi connectivity index (χ3v) is 3.12. The summed E-state index contributed by atoms with van der Waals surface area (Å²) in [4.78, 5) is 11.7.